The lowest BCUT2D eigenvalue weighted by molar-refractivity contribution is 0.381. The van der Waals surface area contributed by atoms with Gasteiger partial charge in [0.15, 0.2) is 0 Å². The standard InChI is InChI=1S/C8H20N2.H2O4S/c1-7(2)5-4-6-8(3)10-9;1-5(2,3)4/h7-8,10H,4-6,9H2,1-3H3;(H2,1,2,3,4). The molecule has 0 heterocycles. The first-order valence-electron chi connectivity index (χ1n) is 4.82. The Labute approximate surface area is 91.8 Å². The van der Waals surface area contributed by atoms with Gasteiger partial charge in [0.25, 0.3) is 0 Å². The van der Waals surface area contributed by atoms with E-state index < -0.39 is 10.4 Å². The number of hydrazine groups is 1. The highest BCUT2D eigenvalue weighted by atomic mass is 32.3. The quantitative estimate of drug-likeness (QED) is 0.325. The van der Waals surface area contributed by atoms with Gasteiger partial charge in [0.1, 0.15) is 0 Å². The normalized spacial score (nSPS) is 13.3. The predicted octanol–water partition coefficient (Wildman–Crippen LogP) is 1.01. The van der Waals surface area contributed by atoms with E-state index in [4.69, 9.17) is 23.4 Å². The van der Waals surface area contributed by atoms with Gasteiger partial charge in [0.05, 0.1) is 0 Å². The average molecular weight is 242 g/mol. The van der Waals surface area contributed by atoms with Gasteiger partial charge in [-0.05, 0) is 19.3 Å². The molecule has 0 spiro atoms. The molecule has 1 unspecified atom stereocenters. The van der Waals surface area contributed by atoms with Crippen molar-refractivity contribution in [3.8, 4) is 0 Å². The van der Waals surface area contributed by atoms with Crippen LogP contribution in [0, 0.1) is 5.92 Å². The summed E-state index contributed by atoms with van der Waals surface area (Å²) < 4.78 is 31.6. The summed E-state index contributed by atoms with van der Waals surface area (Å²) in [5.74, 6) is 6.06. The first kappa shape index (κ1) is 17.2. The molecule has 6 nitrogen and oxygen atoms in total. The van der Waals surface area contributed by atoms with Crippen molar-refractivity contribution in [3.05, 3.63) is 0 Å². The summed E-state index contributed by atoms with van der Waals surface area (Å²) in [7, 11) is -4.67. The fraction of sp³-hybridized carbons (Fsp3) is 1.00. The topological polar surface area (TPSA) is 113 Å². The van der Waals surface area contributed by atoms with E-state index in [-0.39, 0.29) is 0 Å². The fourth-order valence-corrected chi connectivity index (χ4v) is 0.916. The predicted molar refractivity (Wildman–Crippen MR) is 59.7 cm³/mol. The van der Waals surface area contributed by atoms with Crippen molar-refractivity contribution in [1.29, 1.82) is 0 Å². The zero-order valence-corrected chi connectivity index (χ0v) is 10.3. The zero-order valence-electron chi connectivity index (χ0n) is 9.47. The third-order valence-corrected chi connectivity index (χ3v) is 1.70. The van der Waals surface area contributed by atoms with Crippen LogP contribution >= 0.6 is 0 Å². The molecule has 0 aromatic heterocycles. The molecule has 94 valence electrons. The zero-order chi connectivity index (χ0) is 12.5. The molecule has 0 amide bonds. The minimum atomic E-state index is -4.67. The maximum atomic E-state index is 8.74. The molecule has 5 N–H and O–H groups in total. The van der Waals surface area contributed by atoms with Gasteiger partial charge < -0.3 is 0 Å². The number of hydrogen-bond donors (Lipinski definition) is 4. The Bertz CT molecular complexity index is 221. The molecule has 0 rings (SSSR count). The number of nitrogens with two attached hydrogens (primary N) is 1. The lowest BCUT2D eigenvalue weighted by Gasteiger charge is -2.09. The Morgan fingerprint density at radius 2 is 1.60 bits per heavy atom. The molecule has 0 saturated carbocycles. The molecular formula is C8H22N2O4S. The highest BCUT2D eigenvalue weighted by Crippen LogP contribution is 2.07. The lowest BCUT2D eigenvalue weighted by atomic mass is 10.0. The Kier molecular flexibility index (Phi) is 10.4. The van der Waals surface area contributed by atoms with Crippen LogP contribution in [0.25, 0.3) is 0 Å². The van der Waals surface area contributed by atoms with Gasteiger partial charge in [-0.2, -0.15) is 8.42 Å². The number of rotatable bonds is 5. The van der Waals surface area contributed by atoms with Crippen molar-refractivity contribution in [2.45, 2.75) is 46.1 Å². The van der Waals surface area contributed by atoms with Gasteiger partial charge in [-0.3, -0.25) is 20.4 Å². The molecule has 0 bridgehead atoms. The molecule has 7 heteroatoms. The molecule has 15 heavy (non-hydrogen) atoms. The van der Waals surface area contributed by atoms with E-state index in [0.29, 0.717) is 6.04 Å². The largest absolute Gasteiger partial charge is 0.394 e. The van der Waals surface area contributed by atoms with E-state index in [2.05, 4.69) is 26.2 Å². The van der Waals surface area contributed by atoms with Crippen LogP contribution in [-0.2, 0) is 10.4 Å². The monoisotopic (exact) mass is 242 g/mol. The second kappa shape index (κ2) is 9.05. The fourth-order valence-electron chi connectivity index (χ4n) is 0.916. The Balaban J connectivity index is 0. The summed E-state index contributed by atoms with van der Waals surface area (Å²) in [4.78, 5) is 0. The van der Waals surface area contributed by atoms with Crippen LogP contribution in [0.2, 0.25) is 0 Å². The average Bonchev–Trinajstić information content (AvgIpc) is 2.00. The lowest BCUT2D eigenvalue weighted by Crippen LogP contribution is -2.32. The number of nitrogens with one attached hydrogen (secondary N) is 1. The van der Waals surface area contributed by atoms with Crippen LogP contribution in [0.1, 0.15) is 40.0 Å². The summed E-state index contributed by atoms with van der Waals surface area (Å²) in [5, 5.41) is 0. The molecule has 0 fully saturated rings. The van der Waals surface area contributed by atoms with Gasteiger partial charge in [-0.15, -0.1) is 0 Å². The highest BCUT2D eigenvalue weighted by molar-refractivity contribution is 7.79. The van der Waals surface area contributed by atoms with Crippen LogP contribution in [0.5, 0.6) is 0 Å². The van der Waals surface area contributed by atoms with E-state index in [1.54, 1.807) is 0 Å². The van der Waals surface area contributed by atoms with Crippen molar-refractivity contribution in [2.24, 2.45) is 11.8 Å². The van der Waals surface area contributed by atoms with Crippen LogP contribution in [0.3, 0.4) is 0 Å². The second-order valence-corrected chi connectivity index (χ2v) is 4.74. The van der Waals surface area contributed by atoms with E-state index in [9.17, 15) is 0 Å². The Hall–Kier alpha value is -0.210. The Morgan fingerprint density at radius 3 is 1.87 bits per heavy atom. The molecule has 0 aliphatic rings. The van der Waals surface area contributed by atoms with Crippen molar-refractivity contribution in [3.63, 3.8) is 0 Å². The van der Waals surface area contributed by atoms with Crippen LogP contribution in [0.15, 0.2) is 0 Å². The summed E-state index contributed by atoms with van der Waals surface area (Å²) >= 11 is 0. The van der Waals surface area contributed by atoms with E-state index in [0.717, 1.165) is 5.92 Å². The molecular weight excluding hydrogens is 220 g/mol. The molecule has 0 radical (unpaired) electrons. The maximum Gasteiger partial charge on any atom is 0.394 e. The molecule has 0 aliphatic heterocycles. The van der Waals surface area contributed by atoms with Crippen LogP contribution < -0.4 is 11.3 Å². The molecule has 1 atom stereocenters. The first-order valence-corrected chi connectivity index (χ1v) is 6.22. The molecule has 0 aliphatic carbocycles. The SMILES string of the molecule is CC(C)CCCC(C)NN.O=S(=O)(O)O. The third kappa shape index (κ3) is 31.6. The van der Waals surface area contributed by atoms with Crippen molar-refractivity contribution in [2.75, 3.05) is 0 Å². The van der Waals surface area contributed by atoms with Crippen LogP contribution in [-0.4, -0.2) is 23.6 Å². The van der Waals surface area contributed by atoms with Gasteiger partial charge in [0, 0.05) is 6.04 Å². The number of hydrogen-bond acceptors (Lipinski definition) is 4. The summed E-state index contributed by atoms with van der Waals surface area (Å²) in [6.07, 6.45) is 3.78. The van der Waals surface area contributed by atoms with Gasteiger partial charge in [0.2, 0.25) is 0 Å². The van der Waals surface area contributed by atoms with Gasteiger partial charge >= 0.3 is 10.4 Å². The molecule has 0 saturated heterocycles. The Morgan fingerprint density at radius 1 is 1.20 bits per heavy atom. The van der Waals surface area contributed by atoms with Crippen LogP contribution in [0.4, 0.5) is 0 Å². The van der Waals surface area contributed by atoms with Crippen molar-refractivity contribution >= 4 is 10.4 Å². The minimum absolute atomic E-state index is 0.471. The third-order valence-electron chi connectivity index (χ3n) is 1.70. The van der Waals surface area contributed by atoms with E-state index >= 15 is 0 Å². The van der Waals surface area contributed by atoms with Crippen molar-refractivity contribution < 1.29 is 17.5 Å². The molecule has 0 aromatic rings. The summed E-state index contributed by atoms with van der Waals surface area (Å²) in [6.45, 7) is 6.61. The molecule has 0 aromatic carbocycles. The second-order valence-electron chi connectivity index (χ2n) is 3.84. The van der Waals surface area contributed by atoms with Gasteiger partial charge in [-0.25, -0.2) is 0 Å². The smallest absolute Gasteiger partial charge is 0.271 e. The van der Waals surface area contributed by atoms with E-state index in [1.807, 2.05) is 0 Å². The summed E-state index contributed by atoms with van der Waals surface area (Å²) in [6, 6.07) is 0.471. The van der Waals surface area contributed by atoms with Crippen molar-refractivity contribution in [1.82, 2.24) is 5.43 Å². The maximum absolute atomic E-state index is 8.74. The highest BCUT2D eigenvalue weighted by Gasteiger charge is 1.98. The van der Waals surface area contributed by atoms with Gasteiger partial charge in [-0.1, -0.05) is 26.7 Å². The van der Waals surface area contributed by atoms with E-state index in [1.165, 1.54) is 19.3 Å². The first-order chi connectivity index (χ1) is 6.66. The minimum Gasteiger partial charge on any atom is -0.271 e. The summed E-state index contributed by atoms with van der Waals surface area (Å²) in [5.41, 5.74) is 2.74.